The molecule has 0 saturated heterocycles. The molecule has 0 radical (unpaired) electrons. The molecule has 96 valence electrons. The zero-order valence-corrected chi connectivity index (χ0v) is 11.4. The minimum Gasteiger partial charge on any atom is -0.384 e. The van der Waals surface area contributed by atoms with Crippen molar-refractivity contribution in [1.29, 1.82) is 0 Å². The van der Waals surface area contributed by atoms with Gasteiger partial charge in [-0.25, -0.2) is 9.97 Å². The Balaban J connectivity index is 1.94. The average molecular weight is 270 g/mol. The van der Waals surface area contributed by atoms with Crippen LogP contribution in [0.3, 0.4) is 0 Å². The Morgan fingerprint density at radius 1 is 1.21 bits per heavy atom. The lowest BCUT2D eigenvalue weighted by molar-refractivity contribution is 0.894. The van der Waals surface area contributed by atoms with Crippen LogP contribution in [0, 0.1) is 0 Å². The van der Waals surface area contributed by atoms with Gasteiger partial charge in [0.1, 0.15) is 16.7 Å². The summed E-state index contributed by atoms with van der Waals surface area (Å²) in [6.07, 6.45) is 0.783. The highest BCUT2D eigenvalue weighted by Gasteiger charge is 2.06. The van der Waals surface area contributed by atoms with Gasteiger partial charge in [0, 0.05) is 23.4 Å². The largest absolute Gasteiger partial charge is 0.384 e. The van der Waals surface area contributed by atoms with Crippen LogP contribution < -0.4 is 5.73 Å². The number of anilines is 1. The van der Waals surface area contributed by atoms with Gasteiger partial charge in [0.25, 0.3) is 0 Å². The van der Waals surface area contributed by atoms with Gasteiger partial charge in [-0.05, 0) is 12.1 Å². The number of nitrogens with two attached hydrogens (primary N) is 1. The first kappa shape index (κ1) is 12.0. The van der Waals surface area contributed by atoms with Gasteiger partial charge in [-0.2, -0.15) is 0 Å². The summed E-state index contributed by atoms with van der Waals surface area (Å²) in [6, 6.07) is 12.1. The standard InChI is InChI=1S/C14H14N4S/c1-2-12-17-11(15)8-14(18-12)19-13-7-9-5-3-4-6-10(9)16-13/h3-8,16H,2H2,1H3,(H2,15,17,18). The molecule has 0 fully saturated rings. The summed E-state index contributed by atoms with van der Waals surface area (Å²) in [5.74, 6) is 1.30. The van der Waals surface area contributed by atoms with Crippen LogP contribution in [0.2, 0.25) is 0 Å². The van der Waals surface area contributed by atoms with Crippen LogP contribution >= 0.6 is 11.8 Å². The molecule has 0 spiro atoms. The molecule has 0 aliphatic heterocycles. The fourth-order valence-electron chi connectivity index (χ4n) is 1.92. The van der Waals surface area contributed by atoms with E-state index in [-0.39, 0.29) is 0 Å². The fourth-order valence-corrected chi connectivity index (χ4v) is 2.82. The van der Waals surface area contributed by atoms with Crippen LogP contribution in [0.25, 0.3) is 10.9 Å². The first-order valence-corrected chi connectivity index (χ1v) is 6.95. The first-order chi connectivity index (χ1) is 9.24. The topological polar surface area (TPSA) is 67.6 Å². The molecule has 0 amide bonds. The predicted molar refractivity (Wildman–Crippen MR) is 78.2 cm³/mol. The summed E-state index contributed by atoms with van der Waals surface area (Å²) in [4.78, 5) is 12.0. The van der Waals surface area contributed by atoms with Crippen molar-refractivity contribution in [1.82, 2.24) is 15.0 Å². The summed E-state index contributed by atoms with van der Waals surface area (Å²) < 4.78 is 0. The van der Waals surface area contributed by atoms with Crippen molar-refractivity contribution in [3.63, 3.8) is 0 Å². The normalized spacial score (nSPS) is 11.0. The number of fused-ring (bicyclic) bond motifs is 1. The molecule has 0 atom stereocenters. The third-order valence-electron chi connectivity index (χ3n) is 2.80. The van der Waals surface area contributed by atoms with Crippen LogP contribution in [-0.2, 0) is 6.42 Å². The number of hydrogen-bond donors (Lipinski definition) is 2. The number of nitrogens with one attached hydrogen (secondary N) is 1. The Morgan fingerprint density at radius 2 is 2.05 bits per heavy atom. The van der Waals surface area contributed by atoms with E-state index in [4.69, 9.17) is 5.73 Å². The summed E-state index contributed by atoms with van der Waals surface area (Å²) in [5.41, 5.74) is 6.92. The maximum Gasteiger partial charge on any atom is 0.131 e. The van der Waals surface area contributed by atoms with E-state index in [0.29, 0.717) is 5.82 Å². The lowest BCUT2D eigenvalue weighted by Gasteiger charge is -2.02. The van der Waals surface area contributed by atoms with Gasteiger partial charge in [0.15, 0.2) is 0 Å². The fraction of sp³-hybridized carbons (Fsp3) is 0.143. The number of aromatic amines is 1. The van der Waals surface area contributed by atoms with Crippen LogP contribution in [0.5, 0.6) is 0 Å². The number of aromatic nitrogens is 3. The van der Waals surface area contributed by atoms with E-state index in [2.05, 4.69) is 33.2 Å². The van der Waals surface area contributed by atoms with E-state index in [1.54, 1.807) is 17.8 Å². The Morgan fingerprint density at radius 3 is 2.84 bits per heavy atom. The van der Waals surface area contributed by atoms with Crippen LogP contribution in [0.1, 0.15) is 12.7 Å². The highest BCUT2D eigenvalue weighted by molar-refractivity contribution is 7.99. The van der Waals surface area contributed by atoms with Crippen molar-refractivity contribution in [2.75, 3.05) is 5.73 Å². The second kappa shape index (κ2) is 4.93. The zero-order chi connectivity index (χ0) is 13.2. The lowest BCUT2D eigenvalue weighted by atomic mass is 10.3. The smallest absolute Gasteiger partial charge is 0.131 e. The zero-order valence-electron chi connectivity index (χ0n) is 10.6. The van der Waals surface area contributed by atoms with Crippen LogP contribution in [-0.4, -0.2) is 15.0 Å². The monoisotopic (exact) mass is 270 g/mol. The van der Waals surface area contributed by atoms with Crippen molar-refractivity contribution in [2.45, 2.75) is 23.4 Å². The van der Waals surface area contributed by atoms with Gasteiger partial charge in [-0.3, -0.25) is 0 Å². The molecule has 0 bridgehead atoms. The molecule has 4 nitrogen and oxygen atoms in total. The molecule has 3 rings (SSSR count). The molecule has 3 aromatic rings. The second-order valence-electron chi connectivity index (χ2n) is 4.22. The van der Waals surface area contributed by atoms with Crippen molar-refractivity contribution in [2.24, 2.45) is 0 Å². The van der Waals surface area contributed by atoms with Gasteiger partial charge in [-0.15, -0.1) is 0 Å². The number of rotatable bonds is 3. The predicted octanol–water partition coefficient (Wildman–Crippen LogP) is 3.25. The van der Waals surface area contributed by atoms with Crippen molar-refractivity contribution < 1.29 is 0 Å². The maximum atomic E-state index is 5.79. The lowest BCUT2D eigenvalue weighted by Crippen LogP contribution is -1.99. The Hall–Kier alpha value is -2.01. The summed E-state index contributed by atoms with van der Waals surface area (Å²) >= 11 is 1.57. The first-order valence-electron chi connectivity index (χ1n) is 6.13. The molecule has 19 heavy (non-hydrogen) atoms. The number of benzene rings is 1. The Bertz CT molecular complexity index is 687. The minimum absolute atomic E-state index is 0.519. The van der Waals surface area contributed by atoms with E-state index in [9.17, 15) is 0 Å². The molecule has 0 aliphatic carbocycles. The molecule has 0 unspecified atom stereocenters. The number of para-hydroxylation sites is 1. The number of nitrogen functional groups attached to an aromatic ring is 1. The van der Waals surface area contributed by atoms with Crippen molar-refractivity contribution >= 4 is 28.5 Å². The Kier molecular flexibility index (Phi) is 3.13. The number of hydrogen-bond acceptors (Lipinski definition) is 4. The molecular weight excluding hydrogens is 256 g/mol. The number of H-pyrrole nitrogens is 1. The van der Waals surface area contributed by atoms with Gasteiger partial charge in [0.05, 0.1) is 5.03 Å². The molecular formula is C14H14N4S. The third-order valence-corrected chi connectivity index (χ3v) is 3.66. The van der Waals surface area contributed by atoms with Gasteiger partial charge >= 0.3 is 0 Å². The quantitative estimate of drug-likeness (QED) is 0.717. The summed E-state index contributed by atoms with van der Waals surface area (Å²) in [6.45, 7) is 2.02. The molecule has 0 aliphatic rings. The Labute approximate surface area is 115 Å². The summed E-state index contributed by atoms with van der Waals surface area (Å²) in [5, 5.41) is 3.13. The van der Waals surface area contributed by atoms with E-state index < -0.39 is 0 Å². The molecule has 5 heteroatoms. The molecule has 2 aromatic heterocycles. The van der Waals surface area contributed by atoms with Gasteiger partial charge in [-0.1, -0.05) is 36.9 Å². The van der Waals surface area contributed by atoms with Crippen molar-refractivity contribution in [3.05, 3.63) is 42.2 Å². The van der Waals surface area contributed by atoms with Gasteiger partial charge in [0.2, 0.25) is 0 Å². The minimum atomic E-state index is 0.519. The molecule has 0 saturated carbocycles. The van der Waals surface area contributed by atoms with Crippen LogP contribution in [0.4, 0.5) is 5.82 Å². The molecule has 1 aromatic carbocycles. The highest BCUT2D eigenvalue weighted by atomic mass is 32.2. The summed E-state index contributed by atoms with van der Waals surface area (Å²) in [7, 11) is 0. The van der Waals surface area contributed by atoms with Crippen molar-refractivity contribution in [3.8, 4) is 0 Å². The van der Waals surface area contributed by atoms with E-state index in [1.807, 2.05) is 19.1 Å². The number of nitrogens with zero attached hydrogens (tertiary/aromatic N) is 2. The maximum absolute atomic E-state index is 5.79. The number of aryl methyl sites for hydroxylation is 1. The van der Waals surface area contributed by atoms with E-state index in [1.165, 1.54) is 5.39 Å². The van der Waals surface area contributed by atoms with Crippen LogP contribution in [0.15, 0.2) is 46.5 Å². The molecule has 2 heterocycles. The van der Waals surface area contributed by atoms with E-state index in [0.717, 1.165) is 27.8 Å². The highest BCUT2D eigenvalue weighted by Crippen LogP contribution is 2.29. The SMILES string of the molecule is CCc1nc(N)cc(Sc2cc3ccccc3[nH]2)n1. The van der Waals surface area contributed by atoms with E-state index >= 15 is 0 Å². The second-order valence-corrected chi connectivity index (χ2v) is 5.29. The van der Waals surface area contributed by atoms with Gasteiger partial charge < -0.3 is 10.7 Å². The average Bonchev–Trinajstić information content (AvgIpc) is 2.80. The molecule has 3 N–H and O–H groups in total. The third kappa shape index (κ3) is 2.56.